The molecule has 7 nitrogen and oxygen atoms in total. The maximum Gasteiger partial charge on any atom is 0.243 e. The smallest absolute Gasteiger partial charge is 0.243 e. The van der Waals surface area contributed by atoms with E-state index in [1.807, 2.05) is 12.1 Å². The molecule has 0 aliphatic rings. The van der Waals surface area contributed by atoms with E-state index in [0.29, 0.717) is 29.4 Å². The van der Waals surface area contributed by atoms with Crippen molar-refractivity contribution in [2.75, 3.05) is 40.2 Å². The summed E-state index contributed by atoms with van der Waals surface area (Å²) in [6.07, 6.45) is 0.744. The molecule has 0 aliphatic carbocycles. The van der Waals surface area contributed by atoms with Gasteiger partial charge in [-0.2, -0.15) is 0 Å². The van der Waals surface area contributed by atoms with Crippen molar-refractivity contribution < 1.29 is 23.8 Å². The zero-order valence-electron chi connectivity index (χ0n) is 16.7. The summed E-state index contributed by atoms with van der Waals surface area (Å²) < 4.78 is 15.8. The lowest BCUT2D eigenvalue weighted by Crippen LogP contribution is -2.35. The number of likely N-dealkylation sites (N-methyl/N-ethyl adjacent to an activating group) is 1. The van der Waals surface area contributed by atoms with Gasteiger partial charge in [-0.05, 0) is 30.2 Å². The number of methoxy groups -OCH3 is 3. The van der Waals surface area contributed by atoms with Crippen LogP contribution in [0.4, 0.5) is 5.69 Å². The summed E-state index contributed by atoms with van der Waals surface area (Å²) in [4.78, 5) is 26.0. The average molecular weight is 386 g/mol. The highest BCUT2D eigenvalue weighted by Gasteiger charge is 2.16. The van der Waals surface area contributed by atoms with Gasteiger partial charge >= 0.3 is 0 Å². The van der Waals surface area contributed by atoms with Crippen molar-refractivity contribution in [2.24, 2.45) is 0 Å². The van der Waals surface area contributed by atoms with Crippen LogP contribution in [0.1, 0.15) is 12.0 Å². The Labute approximate surface area is 165 Å². The molecule has 0 spiro atoms. The summed E-state index contributed by atoms with van der Waals surface area (Å²) in [5, 5.41) is 2.76. The predicted octanol–water partition coefficient (Wildman–Crippen LogP) is 2.74. The van der Waals surface area contributed by atoms with E-state index in [-0.39, 0.29) is 24.8 Å². The molecule has 7 heteroatoms. The molecular weight excluding hydrogens is 360 g/mol. The van der Waals surface area contributed by atoms with Gasteiger partial charge in [0, 0.05) is 25.2 Å². The topological polar surface area (TPSA) is 77.1 Å². The summed E-state index contributed by atoms with van der Waals surface area (Å²) in [6.45, 7) is -0.0364. The lowest BCUT2D eigenvalue weighted by atomic mass is 10.1. The molecule has 2 aromatic carbocycles. The monoisotopic (exact) mass is 386 g/mol. The molecule has 0 atom stereocenters. The fourth-order valence-electron chi connectivity index (χ4n) is 2.79. The van der Waals surface area contributed by atoms with Crippen molar-refractivity contribution in [3.63, 3.8) is 0 Å². The number of anilines is 1. The highest BCUT2D eigenvalue weighted by atomic mass is 16.5. The quantitative estimate of drug-likeness (QED) is 0.717. The molecule has 0 saturated heterocycles. The molecular formula is C21H26N2O5. The second kappa shape index (κ2) is 10.2. The second-order valence-corrected chi connectivity index (χ2v) is 6.18. The minimum atomic E-state index is -0.275. The lowest BCUT2D eigenvalue weighted by Gasteiger charge is -2.18. The molecule has 2 aromatic rings. The molecule has 0 aromatic heterocycles. The number of carbonyl (C=O) groups is 2. The van der Waals surface area contributed by atoms with Crippen LogP contribution in [0.5, 0.6) is 17.2 Å². The first kappa shape index (κ1) is 21.1. The lowest BCUT2D eigenvalue weighted by molar-refractivity contribution is -0.133. The Morgan fingerprint density at radius 2 is 1.75 bits per heavy atom. The van der Waals surface area contributed by atoms with Crippen molar-refractivity contribution in [3.05, 3.63) is 48.0 Å². The number of aryl methyl sites for hydroxylation is 1. The second-order valence-electron chi connectivity index (χ2n) is 6.18. The van der Waals surface area contributed by atoms with Gasteiger partial charge in [0.2, 0.25) is 11.8 Å². The summed E-state index contributed by atoms with van der Waals surface area (Å²) in [5.41, 5.74) is 1.50. The SMILES string of the molecule is COc1cccc(NC(=O)CN(C)C(=O)CCc2cccc(OC)c2OC)c1. The molecule has 0 radical (unpaired) electrons. The Kier molecular flexibility index (Phi) is 7.68. The van der Waals surface area contributed by atoms with E-state index in [1.54, 1.807) is 58.7 Å². The van der Waals surface area contributed by atoms with Crippen LogP contribution in [0.2, 0.25) is 0 Å². The number of ether oxygens (including phenoxy) is 3. The van der Waals surface area contributed by atoms with Crippen LogP contribution >= 0.6 is 0 Å². The largest absolute Gasteiger partial charge is 0.497 e. The first-order valence-electron chi connectivity index (χ1n) is 8.86. The van der Waals surface area contributed by atoms with Gasteiger partial charge in [-0.25, -0.2) is 0 Å². The predicted molar refractivity (Wildman–Crippen MR) is 107 cm³/mol. The van der Waals surface area contributed by atoms with Gasteiger partial charge in [0.1, 0.15) is 5.75 Å². The van der Waals surface area contributed by atoms with E-state index in [1.165, 1.54) is 4.90 Å². The summed E-state index contributed by atoms with van der Waals surface area (Å²) in [6, 6.07) is 12.6. The van der Waals surface area contributed by atoms with Crippen molar-refractivity contribution in [3.8, 4) is 17.2 Å². The van der Waals surface area contributed by atoms with E-state index in [9.17, 15) is 9.59 Å². The highest BCUT2D eigenvalue weighted by Crippen LogP contribution is 2.31. The Balaban J connectivity index is 1.89. The number of nitrogens with zero attached hydrogens (tertiary/aromatic N) is 1. The number of para-hydroxylation sites is 1. The Hall–Kier alpha value is -3.22. The van der Waals surface area contributed by atoms with Crippen molar-refractivity contribution in [1.29, 1.82) is 0 Å². The van der Waals surface area contributed by atoms with Crippen LogP contribution in [-0.4, -0.2) is 51.6 Å². The highest BCUT2D eigenvalue weighted by molar-refractivity contribution is 5.94. The zero-order valence-corrected chi connectivity index (χ0v) is 16.7. The van der Waals surface area contributed by atoms with Gasteiger partial charge in [0.15, 0.2) is 11.5 Å². The minimum Gasteiger partial charge on any atom is -0.497 e. The third kappa shape index (κ3) is 5.64. The Morgan fingerprint density at radius 1 is 1.00 bits per heavy atom. The van der Waals surface area contributed by atoms with Crippen LogP contribution in [0.15, 0.2) is 42.5 Å². The minimum absolute atomic E-state index is 0.0364. The average Bonchev–Trinajstić information content (AvgIpc) is 2.71. The number of hydrogen-bond donors (Lipinski definition) is 1. The van der Waals surface area contributed by atoms with Gasteiger partial charge in [-0.1, -0.05) is 18.2 Å². The van der Waals surface area contributed by atoms with Crippen LogP contribution in [-0.2, 0) is 16.0 Å². The molecule has 0 bridgehead atoms. The number of amides is 2. The number of nitrogens with one attached hydrogen (secondary N) is 1. The van der Waals surface area contributed by atoms with Gasteiger partial charge in [-0.3, -0.25) is 9.59 Å². The Bertz CT molecular complexity index is 822. The van der Waals surface area contributed by atoms with Crippen LogP contribution in [0.3, 0.4) is 0 Å². The number of hydrogen-bond acceptors (Lipinski definition) is 5. The molecule has 1 N–H and O–H groups in total. The summed E-state index contributed by atoms with van der Waals surface area (Å²) in [5.74, 6) is 1.48. The summed E-state index contributed by atoms with van der Waals surface area (Å²) >= 11 is 0. The number of rotatable bonds is 9. The van der Waals surface area contributed by atoms with Crippen molar-refractivity contribution in [2.45, 2.75) is 12.8 Å². The van der Waals surface area contributed by atoms with E-state index in [2.05, 4.69) is 5.32 Å². The van der Waals surface area contributed by atoms with Crippen LogP contribution < -0.4 is 19.5 Å². The van der Waals surface area contributed by atoms with E-state index >= 15 is 0 Å². The maximum absolute atomic E-state index is 12.4. The van der Waals surface area contributed by atoms with E-state index < -0.39 is 0 Å². The maximum atomic E-state index is 12.4. The molecule has 0 saturated carbocycles. The molecule has 0 fully saturated rings. The van der Waals surface area contributed by atoms with Gasteiger partial charge in [-0.15, -0.1) is 0 Å². The molecule has 0 heterocycles. The van der Waals surface area contributed by atoms with Gasteiger partial charge in [0.25, 0.3) is 0 Å². The number of benzene rings is 2. The molecule has 150 valence electrons. The Morgan fingerprint density at radius 3 is 2.43 bits per heavy atom. The first-order chi connectivity index (χ1) is 13.5. The molecule has 2 amide bonds. The van der Waals surface area contributed by atoms with Crippen LogP contribution in [0.25, 0.3) is 0 Å². The van der Waals surface area contributed by atoms with Crippen molar-refractivity contribution >= 4 is 17.5 Å². The molecule has 28 heavy (non-hydrogen) atoms. The fourth-order valence-corrected chi connectivity index (χ4v) is 2.79. The summed E-state index contributed by atoms with van der Waals surface area (Å²) in [7, 11) is 6.31. The van der Waals surface area contributed by atoms with E-state index in [0.717, 1.165) is 5.56 Å². The third-order valence-corrected chi connectivity index (χ3v) is 4.25. The van der Waals surface area contributed by atoms with Gasteiger partial charge in [0.05, 0.1) is 27.9 Å². The van der Waals surface area contributed by atoms with Gasteiger partial charge < -0.3 is 24.4 Å². The molecule has 0 aliphatic heterocycles. The normalized spacial score (nSPS) is 10.1. The molecule has 2 rings (SSSR count). The van der Waals surface area contributed by atoms with Crippen LogP contribution in [0, 0.1) is 0 Å². The third-order valence-electron chi connectivity index (χ3n) is 4.25. The zero-order chi connectivity index (χ0) is 20.5. The first-order valence-corrected chi connectivity index (χ1v) is 8.86. The van der Waals surface area contributed by atoms with Crippen molar-refractivity contribution in [1.82, 2.24) is 4.90 Å². The standard InChI is InChI=1S/C21H26N2O5/c1-23(14-19(24)22-16-8-6-9-17(13-16)26-2)20(25)12-11-15-7-5-10-18(27-3)21(15)28-4/h5-10,13H,11-12,14H2,1-4H3,(H,22,24). The molecule has 0 unspecified atom stereocenters. The fraction of sp³-hybridized carbons (Fsp3) is 0.333. The number of carbonyl (C=O) groups excluding carboxylic acids is 2. The van der Waals surface area contributed by atoms with E-state index in [4.69, 9.17) is 14.2 Å².